The summed E-state index contributed by atoms with van der Waals surface area (Å²) in [5, 5.41) is 98.5. The lowest BCUT2D eigenvalue weighted by molar-refractivity contribution is -0.270. The SMILES string of the molecule is COP(=O)(O)OCCCCOCC(COCCCOP(=O)(S)OCCCCOC1OC(CO)C(O)C(O)C1NC(C)=O)(COCCCOP(=O)(S)OCCCCOC1OC(CO)C(O)C(O)C1NC(C)=O)COCCCOP(=O)(S)OCCCCOC1OC(CO)C(O)C(O)C1NC(C)=O. The number of phosphoric acid groups is 1. The molecular formula is C55H107N3O35P4S3. The molecule has 3 aliphatic rings. The number of nitrogens with one attached hydrogen (secondary N) is 3. The number of hydrogen-bond donors (Lipinski definition) is 16. The van der Waals surface area contributed by atoms with Crippen molar-refractivity contribution >= 4 is 82.7 Å². The van der Waals surface area contributed by atoms with Gasteiger partial charge in [-0.15, -0.1) is 0 Å². The van der Waals surface area contributed by atoms with E-state index in [0.29, 0.717) is 51.4 Å². The van der Waals surface area contributed by atoms with Gasteiger partial charge in [-0.05, 0) is 70.6 Å². The summed E-state index contributed by atoms with van der Waals surface area (Å²) >= 11 is 12.3. The molecule has 3 aliphatic heterocycles. The van der Waals surface area contributed by atoms with Crippen LogP contribution in [0.4, 0.5) is 0 Å². The number of aliphatic hydroxyl groups excluding tert-OH is 9. The van der Waals surface area contributed by atoms with E-state index in [1.165, 1.54) is 20.8 Å². The van der Waals surface area contributed by atoms with E-state index < -0.39 is 163 Å². The van der Waals surface area contributed by atoms with Gasteiger partial charge in [-0.25, -0.2) is 18.3 Å². The molecule has 0 aromatic heterocycles. The average molecular weight is 1590 g/mol. The fourth-order valence-corrected chi connectivity index (χ4v) is 14.0. The molecule has 19 atom stereocenters. The summed E-state index contributed by atoms with van der Waals surface area (Å²) in [6, 6.07) is -3.38. The van der Waals surface area contributed by atoms with Crippen LogP contribution >= 0.6 is 65.0 Å². The molecule has 0 spiro atoms. The Balaban J connectivity index is 1.58. The van der Waals surface area contributed by atoms with Crippen molar-refractivity contribution < 1.29 is 167 Å². The molecule has 0 radical (unpaired) electrons. The first-order valence-electron chi connectivity index (χ1n) is 32.6. The highest BCUT2D eigenvalue weighted by Crippen LogP contribution is 2.54. The highest BCUT2D eigenvalue weighted by Gasteiger charge is 2.48. The average Bonchev–Trinajstić information content (AvgIpc) is 0.822. The summed E-state index contributed by atoms with van der Waals surface area (Å²) in [5.74, 6) is -1.54. The first kappa shape index (κ1) is 93.5. The Bertz CT molecular complexity index is 2260. The Morgan fingerprint density at radius 1 is 0.380 bits per heavy atom. The Hall–Kier alpha value is -0.740. The van der Waals surface area contributed by atoms with Gasteiger partial charge in [0, 0.05) is 74.1 Å². The van der Waals surface area contributed by atoms with Gasteiger partial charge < -0.3 is 141 Å². The molecule has 38 nitrogen and oxygen atoms in total. The fraction of sp³-hybridized carbons (Fsp3) is 0.945. The van der Waals surface area contributed by atoms with Crippen molar-refractivity contribution in [3.05, 3.63) is 0 Å². The van der Waals surface area contributed by atoms with Crippen LogP contribution in [0.25, 0.3) is 0 Å². The number of amides is 3. The second-order valence-corrected chi connectivity index (χ2v) is 33.7. The van der Waals surface area contributed by atoms with Gasteiger partial charge in [-0.2, -0.15) is 0 Å². The molecule has 0 bridgehead atoms. The van der Waals surface area contributed by atoms with Crippen LogP contribution in [0.3, 0.4) is 0 Å². The molecule has 0 aromatic rings. The quantitative estimate of drug-likeness (QED) is 0.0219. The van der Waals surface area contributed by atoms with E-state index in [4.69, 9.17) is 79.0 Å². The molecule has 45 heteroatoms. The molecule has 0 aromatic carbocycles. The Kier molecular flexibility index (Phi) is 46.8. The minimum absolute atomic E-state index is 0.0240. The monoisotopic (exact) mass is 1590 g/mol. The number of unbranched alkanes of at least 4 members (excludes halogenated alkanes) is 4. The number of rotatable bonds is 57. The number of hydrogen-bond acceptors (Lipinski definition) is 34. The van der Waals surface area contributed by atoms with Crippen LogP contribution in [0.5, 0.6) is 0 Å². The number of carbonyl (C=O) groups is 3. The van der Waals surface area contributed by atoms with E-state index in [1.807, 2.05) is 0 Å². The van der Waals surface area contributed by atoms with Gasteiger partial charge in [0.05, 0.1) is 97.9 Å². The molecule has 13 N–H and O–H groups in total. The van der Waals surface area contributed by atoms with Crippen LogP contribution in [0.15, 0.2) is 0 Å². The van der Waals surface area contributed by atoms with Gasteiger partial charge in [0.1, 0.15) is 73.1 Å². The fourth-order valence-electron chi connectivity index (χ4n) is 9.67. The molecule has 19 unspecified atom stereocenters. The first-order chi connectivity index (χ1) is 47.3. The van der Waals surface area contributed by atoms with Crippen LogP contribution in [0.1, 0.15) is 91.4 Å². The summed E-state index contributed by atoms with van der Waals surface area (Å²) in [6.07, 6.45) is -12.9. The van der Waals surface area contributed by atoms with Gasteiger partial charge in [-0.1, -0.05) is 36.7 Å². The number of thiol groups is 3. The van der Waals surface area contributed by atoms with E-state index >= 15 is 0 Å². The number of aliphatic hydroxyl groups is 9. The number of carbonyl (C=O) groups excluding carboxylic acids is 3. The zero-order valence-electron chi connectivity index (χ0n) is 56.6. The van der Waals surface area contributed by atoms with Crippen molar-refractivity contribution in [1.29, 1.82) is 0 Å². The molecule has 3 rings (SSSR count). The number of phosphoric ester groups is 1. The predicted octanol–water partition coefficient (Wildman–Crippen LogP) is 0.188. The smallest absolute Gasteiger partial charge is 0.394 e. The van der Waals surface area contributed by atoms with Gasteiger partial charge in [0.15, 0.2) is 18.9 Å². The van der Waals surface area contributed by atoms with Crippen LogP contribution in [0, 0.1) is 5.41 Å². The predicted molar refractivity (Wildman–Crippen MR) is 359 cm³/mol. The lowest BCUT2D eigenvalue weighted by Gasteiger charge is -2.42. The van der Waals surface area contributed by atoms with E-state index in [9.17, 15) is 83.5 Å². The highest BCUT2D eigenvalue weighted by atomic mass is 32.7. The lowest BCUT2D eigenvalue weighted by Crippen LogP contribution is -2.64. The summed E-state index contributed by atoms with van der Waals surface area (Å²) in [6.45, 7) is -10.5. The molecule has 3 heterocycles. The molecule has 3 fully saturated rings. The van der Waals surface area contributed by atoms with Gasteiger partial charge >= 0.3 is 28.2 Å². The Morgan fingerprint density at radius 3 is 0.860 bits per heavy atom. The summed E-state index contributed by atoms with van der Waals surface area (Å²) in [4.78, 5) is 44.9. The lowest BCUT2D eigenvalue weighted by atomic mass is 9.92. The van der Waals surface area contributed by atoms with Crippen LogP contribution < -0.4 is 16.0 Å². The second kappa shape index (κ2) is 50.1. The summed E-state index contributed by atoms with van der Waals surface area (Å²) in [7, 11) is -3.18. The molecule has 3 saturated heterocycles. The third-order valence-corrected chi connectivity index (χ3v) is 20.9. The van der Waals surface area contributed by atoms with Crippen molar-refractivity contribution in [3.63, 3.8) is 0 Å². The molecule has 0 aliphatic carbocycles. The zero-order valence-corrected chi connectivity index (χ0v) is 62.9. The van der Waals surface area contributed by atoms with Crippen LogP contribution in [-0.4, -0.2) is 306 Å². The molecule has 3 amide bonds. The molecule has 100 heavy (non-hydrogen) atoms. The van der Waals surface area contributed by atoms with Crippen molar-refractivity contribution in [1.82, 2.24) is 16.0 Å². The molecular weight excluding hydrogens is 1480 g/mol. The topological polar surface area (TPSA) is 524 Å². The largest absolute Gasteiger partial charge is 0.471 e. The second-order valence-electron chi connectivity index (χ2n) is 23.4. The van der Waals surface area contributed by atoms with Gasteiger partial charge in [0.2, 0.25) is 17.7 Å². The van der Waals surface area contributed by atoms with Gasteiger partial charge in [-0.3, -0.25) is 23.4 Å². The van der Waals surface area contributed by atoms with Crippen molar-refractivity contribution in [2.45, 2.75) is 183 Å². The van der Waals surface area contributed by atoms with Crippen molar-refractivity contribution in [3.8, 4) is 0 Å². The third kappa shape index (κ3) is 37.4. The number of ether oxygens (including phenoxy) is 10. The Morgan fingerprint density at radius 2 is 0.610 bits per heavy atom. The van der Waals surface area contributed by atoms with Gasteiger partial charge in [0.25, 0.3) is 0 Å². The molecule has 0 saturated carbocycles. The maximum atomic E-state index is 13.1. The maximum Gasteiger partial charge on any atom is 0.471 e. The van der Waals surface area contributed by atoms with E-state index in [1.54, 1.807) is 0 Å². The van der Waals surface area contributed by atoms with Crippen molar-refractivity contribution in [2.24, 2.45) is 5.41 Å². The minimum Gasteiger partial charge on any atom is -0.394 e. The summed E-state index contributed by atoms with van der Waals surface area (Å²) in [5.41, 5.74) is -1.07. The van der Waals surface area contributed by atoms with E-state index in [-0.39, 0.29) is 138 Å². The highest BCUT2D eigenvalue weighted by molar-refractivity contribution is 8.45. The zero-order chi connectivity index (χ0) is 74.4. The van der Waals surface area contributed by atoms with Crippen LogP contribution in [0.2, 0.25) is 0 Å². The Labute approximate surface area is 597 Å². The van der Waals surface area contributed by atoms with E-state index in [0.717, 1.165) is 7.11 Å². The minimum atomic E-state index is -4.22. The van der Waals surface area contributed by atoms with Crippen LogP contribution in [-0.2, 0) is 116 Å². The standard InChI is InChI=1S/C55H107N3O35P4S3/c1-37(62)56-43-49(68)46(65)40(30-59)91-52(43)81-20-6-10-24-85-95(73,98)88-27-13-17-78-34-55(33-77-16-5-9-23-84-94(71,72)76-4,35-79-18-14-28-89-96(74,99)86-25-11-7-21-82-53-44(57-38(2)63)50(69)47(66)41(31-60)92-53)36-80-19-15-29-90-97(75,100)87-26-12-8-22-83-54-45(58-39(3)64)51(70)48(67)42(32-61)93-54/h40-54,59-61,65-70H,5-36H2,1-4H3,(H,56,62)(H,57,63)(H,58,64)(H,71,72)(H,73,98)(H,74,99)(H,75,100). The normalized spacial score (nSPS) is 28.8. The van der Waals surface area contributed by atoms with E-state index in [2.05, 4.69) is 57.2 Å². The maximum absolute atomic E-state index is 13.1. The third-order valence-electron chi connectivity index (χ3n) is 14.8. The molecule has 590 valence electrons. The first-order valence-corrected chi connectivity index (χ1v) is 42.2. The van der Waals surface area contributed by atoms with Crippen molar-refractivity contribution in [2.75, 3.05) is 146 Å². The summed E-state index contributed by atoms with van der Waals surface area (Å²) < 4.78 is 151.